The Bertz CT molecular complexity index is 814. The fourth-order valence-corrected chi connectivity index (χ4v) is 2.73. The standard InChI is InChI=1S/C21H21ClN2/c1-3-16(2)17-6-10-19(11-7-17)23-15-21-5-4-14-24(21)20-12-8-18(22)9-13-20/h4-16H,3H2,1-2H3/t16-/m0/s1. The fraction of sp³-hybridized carbons (Fsp3) is 0.190. The second-order valence-electron chi connectivity index (χ2n) is 5.94. The third-order valence-corrected chi connectivity index (χ3v) is 4.56. The van der Waals surface area contributed by atoms with Crippen LogP contribution in [0.3, 0.4) is 0 Å². The van der Waals surface area contributed by atoms with Gasteiger partial charge in [-0.3, -0.25) is 4.99 Å². The van der Waals surface area contributed by atoms with Crippen LogP contribution in [-0.4, -0.2) is 10.8 Å². The van der Waals surface area contributed by atoms with E-state index >= 15 is 0 Å². The minimum absolute atomic E-state index is 0.588. The van der Waals surface area contributed by atoms with Crippen molar-refractivity contribution in [1.82, 2.24) is 4.57 Å². The van der Waals surface area contributed by atoms with E-state index in [9.17, 15) is 0 Å². The predicted octanol–water partition coefficient (Wildman–Crippen LogP) is 6.39. The monoisotopic (exact) mass is 336 g/mol. The van der Waals surface area contributed by atoms with Crippen LogP contribution < -0.4 is 0 Å². The average Bonchev–Trinajstić information content (AvgIpc) is 3.09. The van der Waals surface area contributed by atoms with Crippen LogP contribution in [0.4, 0.5) is 5.69 Å². The second-order valence-corrected chi connectivity index (χ2v) is 6.37. The molecular weight excluding hydrogens is 316 g/mol. The number of benzene rings is 2. The molecule has 0 aliphatic heterocycles. The molecule has 2 aromatic carbocycles. The first-order valence-electron chi connectivity index (χ1n) is 8.24. The first-order chi connectivity index (χ1) is 11.7. The van der Waals surface area contributed by atoms with E-state index in [1.54, 1.807) is 0 Å². The molecule has 0 N–H and O–H groups in total. The van der Waals surface area contributed by atoms with Crippen molar-refractivity contribution < 1.29 is 0 Å². The van der Waals surface area contributed by atoms with Crippen LogP contribution in [-0.2, 0) is 0 Å². The topological polar surface area (TPSA) is 17.3 Å². The molecule has 0 saturated carbocycles. The zero-order valence-corrected chi connectivity index (χ0v) is 14.7. The lowest BCUT2D eigenvalue weighted by atomic mass is 9.99. The maximum Gasteiger partial charge on any atom is 0.0639 e. The van der Waals surface area contributed by atoms with Crippen molar-refractivity contribution in [3.8, 4) is 5.69 Å². The van der Waals surface area contributed by atoms with Crippen LogP contribution in [0.5, 0.6) is 0 Å². The average molecular weight is 337 g/mol. The van der Waals surface area contributed by atoms with E-state index < -0.39 is 0 Å². The van der Waals surface area contributed by atoms with Gasteiger partial charge in [0.25, 0.3) is 0 Å². The number of aliphatic imine (C=N–C) groups is 1. The Morgan fingerprint density at radius 3 is 2.42 bits per heavy atom. The molecule has 2 nitrogen and oxygen atoms in total. The van der Waals surface area contributed by atoms with E-state index in [0.29, 0.717) is 5.92 Å². The lowest BCUT2D eigenvalue weighted by molar-refractivity contribution is 0.734. The van der Waals surface area contributed by atoms with Gasteiger partial charge in [0.15, 0.2) is 0 Å². The molecule has 0 aliphatic rings. The van der Waals surface area contributed by atoms with Gasteiger partial charge >= 0.3 is 0 Å². The Morgan fingerprint density at radius 1 is 1.04 bits per heavy atom. The smallest absolute Gasteiger partial charge is 0.0639 e. The molecule has 1 atom stereocenters. The molecule has 0 radical (unpaired) electrons. The van der Waals surface area contributed by atoms with Gasteiger partial charge in [0, 0.05) is 16.9 Å². The summed E-state index contributed by atoms with van der Waals surface area (Å²) in [6.45, 7) is 4.46. The van der Waals surface area contributed by atoms with Crippen molar-refractivity contribution in [3.05, 3.63) is 83.1 Å². The molecule has 3 heteroatoms. The van der Waals surface area contributed by atoms with E-state index in [0.717, 1.165) is 28.5 Å². The molecule has 1 aromatic heterocycles. The first kappa shape index (κ1) is 16.5. The van der Waals surface area contributed by atoms with Gasteiger partial charge in [-0.1, -0.05) is 37.6 Å². The highest BCUT2D eigenvalue weighted by Crippen LogP contribution is 2.22. The number of aromatic nitrogens is 1. The van der Waals surface area contributed by atoms with Gasteiger partial charge in [0.2, 0.25) is 0 Å². The maximum absolute atomic E-state index is 5.96. The molecule has 0 spiro atoms. The fourth-order valence-electron chi connectivity index (χ4n) is 2.60. The van der Waals surface area contributed by atoms with E-state index in [1.165, 1.54) is 5.56 Å². The summed E-state index contributed by atoms with van der Waals surface area (Å²) in [5.41, 5.74) is 4.42. The number of rotatable bonds is 5. The largest absolute Gasteiger partial charge is 0.316 e. The maximum atomic E-state index is 5.96. The predicted molar refractivity (Wildman–Crippen MR) is 103 cm³/mol. The molecule has 0 fully saturated rings. The van der Waals surface area contributed by atoms with E-state index in [1.807, 2.05) is 48.8 Å². The number of halogens is 1. The van der Waals surface area contributed by atoms with Gasteiger partial charge in [0.1, 0.15) is 0 Å². The summed E-state index contributed by atoms with van der Waals surface area (Å²) in [5, 5.41) is 0.738. The summed E-state index contributed by atoms with van der Waals surface area (Å²) in [7, 11) is 0. The number of hydrogen-bond acceptors (Lipinski definition) is 1. The highest BCUT2D eigenvalue weighted by atomic mass is 35.5. The highest BCUT2D eigenvalue weighted by Gasteiger charge is 2.03. The molecule has 0 aliphatic carbocycles. The van der Waals surface area contributed by atoms with E-state index in [2.05, 4.69) is 47.7 Å². The summed E-state index contributed by atoms with van der Waals surface area (Å²) >= 11 is 5.96. The normalized spacial score (nSPS) is 12.6. The Hall–Kier alpha value is -2.32. The first-order valence-corrected chi connectivity index (χ1v) is 8.62. The molecule has 0 amide bonds. The highest BCUT2D eigenvalue weighted by molar-refractivity contribution is 6.30. The summed E-state index contributed by atoms with van der Waals surface area (Å²) in [6, 6.07) is 20.3. The Labute approximate surface area is 148 Å². The minimum Gasteiger partial charge on any atom is -0.316 e. The second kappa shape index (κ2) is 7.50. The lowest BCUT2D eigenvalue weighted by Crippen LogP contribution is -1.97. The number of hydrogen-bond donors (Lipinski definition) is 0. The van der Waals surface area contributed by atoms with Crippen LogP contribution in [0.15, 0.2) is 71.9 Å². The van der Waals surface area contributed by atoms with Crippen LogP contribution >= 0.6 is 11.6 Å². The molecule has 122 valence electrons. The molecular formula is C21H21ClN2. The minimum atomic E-state index is 0.588. The van der Waals surface area contributed by atoms with E-state index in [-0.39, 0.29) is 0 Å². The quantitative estimate of drug-likeness (QED) is 0.480. The van der Waals surface area contributed by atoms with Crippen molar-refractivity contribution in [2.45, 2.75) is 26.2 Å². The Balaban J connectivity index is 1.80. The van der Waals surface area contributed by atoms with Gasteiger partial charge in [-0.25, -0.2) is 0 Å². The van der Waals surface area contributed by atoms with Crippen molar-refractivity contribution in [1.29, 1.82) is 0 Å². The third kappa shape index (κ3) is 3.77. The van der Waals surface area contributed by atoms with Gasteiger partial charge in [0.05, 0.1) is 17.6 Å². The zero-order chi connectivity index (χ0) is 16.9. The van der Waals surface area contributed by atoms with Crippen molar-refractivity contribution in [2.75, 3.05) is 0 Å². The summed E-state index contributed by atoms with van der Waals surface area (Å²) in [5.74, 6) is 0.588. The third-order valence-electron chi connectivity index (χ3n) is 4.31. The zero-order valence-electron chi connectivity index (χ0n) is 14.0. The van der Waals surface area contributed by atoms with Gasteiger partial charge in [-0.2, -0.15) is 0 Å². The van der Waals surface area contributed by atoms with E-state index in [4.69, 9.17) is 11.6 Å². The summed E-state index contributed by atoms with van der Waals surface area (Å²) in [4.78, 5) is 4.61. The van der Waals surface area contributed by atoms with Crippen LogP contribution in [0.25, 0.3) is 5.69 Å². The van der Waals surface area contributed by atoms with Gasteiger partial charge in [-0.05, 0) is 66.4 Å². The van der Waals surface area contributed by atoms with Crippen molar-refractivity contribution >= 4 is 23.5 Å². The summed E-state index contributed by atoms with van der Waals surface area (Å²) in [6.07, 6.45) is 5.07. The molecule has 3 aromatic rings. The van der Waals surface area contributed by atoms with Crippen LogP contribution in [0.2, 0.25) is 5.02 Å². The Morgan fingerprint density at radius 2 is 1.75 bits per heavy atom. The van der Waals surface area contributed by atoms with Crippen molar-refractivity contribution in [3.63, 3.8) is 0 Å². The lowest BCUT2D eigenvalue weighted by Gasteiger charge is -2.08. The van der Waals surface area contributed by atoms with Crippen LogP contribution in [0, 0.1) is 0 Å². The van der Waals surface area contributed by atoms with Crippen LogP contribution in [0.1, 0.15) is 37.4 Å². The Kier molecular flexibility index (Phi) is 5.17. The molecule has 3 rings (SSSR count). The molecule has 24 heavy (non-hydrogen) atoms. The summed E-state index contributed by atoms with van der Waals surface area (Å²) < 4.78 is 2.09. The van der Waals surface area contributed by atoms with Gasteiger partial charge in [-0.15, -0.1) is 0 Å². The number of nitrogens with zero attached hydrogens (tertiary/aromatic N) is 2. The molecule has 0 bridgehead atoms. The van der Waals surface area contributed by atoms with Gasteiger partial charge < -0.3 is 4.57 Å². The SMILES string of the molecule is CC[C@H](C)c1ccc(N=Cc2cccn2-c2ccc(Cl)cc2)cc1. The molecule has 0 saturated heterocycles. The molecule has 0 unspecified atom stereocenters. The molecule has 1 heterocycles. The van der Waals surface area contributed by atoms with Crippen molar-refractivity contribution in [2.24, 2.45) is 4.99 Å².